The molecule has 0 saturated heterocycles. The highest BCUT2D eigenvalue weighted by Crippen LogP contribution is 1.99. The number of rotatable bonds is 15. The van der Waals surface area contributed by atoms with E-state index in [9.17, 15) is 0 Å². The van der Waals surface area contributed by atoms with Gasteiger partial charge in [0.15, 0.2) is 0 Å². The van der Waals surface area contributed by atoms with Gasteiger partial charge in [-0.25, -0.2) is 0 Å². The molecule has 0 aliphatic heterocycles. The van der Waals surface area contributed by atoms with Gasteiger partial charge in [0.25, 0.3) is 0 Å². The minimum Gasteiger partial charge on any atom is -0.396 e. The summed E-state index contributed by atoms with van der Waals surface area (Å²) in [4.78, 5) is 2.36. The molecule has 1 atom stereocenters. The van der Waals surface area contributed by atoms with E-state index in [1.54, 1.807) is 0 Å². The first-order valence-electron chi connectivity index (χ1n) is 8.00. The third-order valence-corrected chi connectivity index (χ3v) is 3.15. The summed E-state index contributed by atoms with van der Waals surface area (Å²) in [5.41, 5.74) is 0. The van der Waals surface area contributed by atoms with Crippen LogP contribution >= 0.6 is 0 Å². The standard InChI is InChI=1S/C15H34N2O3/c1-4-8-16-15(7-11-18)14-17(9-12-19-5-2)10-13-20-6-3/h15-16,18H,4-14H2,1-3H3. The second-order valence-corrected chi connectivity index (χ2v) is 4.86. The molecular weight excluding hydrogens is 256 g/mol. The van der Waals surface area contributed by atoms with Crippen LogP contribution in [0.2, 0.25) is 0 Å². The van der Waals surface area contributed by atoms with E-state index < -0.39 is 0 Å². The predicted octanol–water partition coefficient (Wildman–Crippen LogP) is 1.11. The fourth-order valence-electron chi connectivity index (χ4n) is 2.04. The summed E-state index contributed by atoms with van der Waals surface area (Å²) in [7, 11) is 0. The zero-order valence-electron chi connectivity index (χ0n) is 13.6. The molecule has 0 rings (SSSR count). The fraction of sp³-hybridized carbons (Fsp3) is 1.00. The van der Waals surface area contributed by atoms with Crippen LogP contribution in [0.5, 0.6) is 0 Å². The SMILES string of the molecule is CCCNC(CCO)CN(CCOCC)CCOCC. The Kier molecular flexibility index (Phi) is 15.0. The van der Waals surface area contributed by atoms with Gasteiger partial charge in [0.05, 0.1) is 13.2 Å². The molecule has 0 aliphatic rings. The van der Waals surface area contributed by atoms with Crippen molar-refractivity contribution in [1.82, 2.24) is 10.2 Å². The molecular formula is C15H34N2O3. The van der Waals surface area contributed by atoms with Gasteiger partial charge in [0.2, 0.25) is 0 Å². The van der Waals surface area contributed by atoms with Crippen LogP contribution in [0.1, 0.15) is 33.6 Å². The summed E-state index contributed by atoms with van der Waals surface area (Å²) >= 11 is 0. The highest BCUT2D eigenvalue weighted by atomic mass is 16.5. The molecule has 0 saturated carbocycles. The molecule has 20 heavy (non-hydrogen) atoms. The van der Waals surface area contributed by atoms with Crippen LogP contribution in [-0.2, 0) is 9.47 Å². The van der Waals surface area contributed by atoms with E-state index in [4.69, 9.17) is 14.6 Å². The second kappa shape index (κ2) is 15.2. The van der Waals surface area contributed by atoms with Crippen LogP contribution in [0.3, 0.4) is 0 Å². The Morgan fingerprint density at radius 3 is 2.10 bits per heavy atom. The molecule has 0 fully saturated rings. The zero-order valence-corrected chi connectivity index (χ0v) is 13.6. The van der Waals surface area contributed by atoms with Crippen molar-refractivity contribution in [2.45, 2.75) is 39.7 Å². The van der Waals surface area contributed by atoms with Crippen LogP contribution in [0.4, 0.5) is 0 Å². The molecule has 122 valence electrons. The van der Waals surface area contributed by atoms with Crippen molar-refractivity contribution >= 4 is 0 Å². The molecule has 0 aromatic rings. The first-order chi connectivity index (χ1) is 9.78. The lowest BCUT2D eigenvalue weighted by molar-refractivity contribution is 0.0766. The maximum Gasteiger partial charge on any atom is 0.0593 e. The molecule has 5 heteroatoms. The summed E-state index contributed by atoms with van der Waals surface area (Å²) < 4.78 is 10.9. The Bertz CT molecular complexity index is 184. The highest BCUT2D eigenvalue weighted by Gasteiger charge is 2.13. The van der Waals surface area contributed by atoms with Crippen LogP contribution < -0.4 is 5.32 Å². The molecule has 0 amide bonds. The van der Waals surface area contributed by atoms with Crippen molar-refractivity contribution in [1.29, 1.82) is 0 Å². The maximum absolute atomic E-state index is 9.17. The minimum atomic E-state index is 0.228. The normalized spacial score (nSPS) is 13.1. The summed E-state index contributed by atoms with van der Waals surface area (Å²) in [5, 5.41) is 12.7. The van der Waals surface area contributed by atoms with Gasteiger partial charge < -0.3 is 19.9 Å². The fourth-order valence-corrected chi connectivity index (χ4v) is 2.04. The summed E-state index contributed by atoms with van der Waals surface area (Å²) in [5.74, 6) is 0. The Balaban J connectivity index is 4.15. The van der Waals surface area contributed by atoms with Gasteiger partial charge in [-0.05, 0) is 33.2 Å². The van der Waals surface area contributed by atoms with E-state index >= 15 is 0 Å². The van der Waals surface area contributed by atoms with E-state index in [1.807, 2.05) is 13.8 Å². The van der Waals surface area contributed by atoms with Crippen LogP contribution in [0.25, 0.3) is 0 Å². The van der Waals surface area contributed by atoms with Gasteiger partial charge in [-0.2, -0.15) is 0 Å². The van der Waals surface area contributed by atoms with Gasteiger partial charge in [0, 0.05) is 45.5 Å². The average molecular weight is 290 g/mol. The van der Waals surface area contributed by atoms with Crippen LogP contribution in [0.15, 0.2) is 0 Å². The molecule has 0 heterocycles. The molecule has 1 unspecified atom stereocenters. The van der Waals surface area contributed by atoms with Crippen LogP contribution in [-0.4, -0.2) is 75.3 Å². The number of aliphatic hydroxyl groups excluding tert-OH is 1. The lowest BCUT2D eigenvalue weighted by Crippen LogP contribution is -2.44. The van der Waals surface area contributed by atoms with Crippen LogP contribution in [0, 0.1) is 0 Å². The quantitative estimate of drug-likeness (QED) is 0.443. The van der Waals surface area contributed by atoms with Gasteiger partial charge in [-0.1, -0.05) is 6.92 Å². The maximum atomic E-state index is 9.17. The first kappa shape index (κ1) is 19.8. The van der Waals surface area contributed by atoms with E-state index in [0.717, 1.165) is 65.4 Å². The van der Waals surface area contributed by atoms with Crippen molar-refractivity contribution in [3.63, 3.8) is 0 Å². The predicted molar refractivity (Wildman–Crippen MR) is 83.2 cm³/mol. The minimum absolute atomic E-state index is 0.228. The molecule has 5 nitrogen and oxygen atoms in total. The Hall–Kier alpha value is -0.200. The average Bonchev–Trinajstić information content (AvgIpc) is 2.45. The van der Waals surface area contributed by atoms with Gasteiger partial charge in [-0.3, -0.25) is 4.90 Å². The highest BCUT2D eigenvalue weighted by molar-refractivity contribution is 4.72. The molecule has 0 aromatic heterocycles. The topological polar surface area (TPSA) is 54.0 Å². The molecule has 2 N–H and O–H groups in total. The number of aliphatic hydroxyl groups is 1. The Labute approximate surface area is 124 Å². The van der Waals surface area contributed by atoms with Crippen molar-refractivity contribution < 1.29 is 14.6 Å². The van der Waals surface area contributed by atoms with Crippen molar-refractivity contribution in [2.75, 3.05) is 59.2 Å². The largest absolute Gasteiger partial charge is 0.396 e. The number of hydrogen-bond donors (Lipinski definition) is 2. The molecule has 0 radical (unpaired) electrons. The van der Waals surface area contributed by atoms with E-state index in [2.05, 4.69) is 17.1 Å². The number of nitrogens with one attached hydrogen (secondary N) is 1. The summed E-state index contributed by atoms with van der Waals surface area (Å²) in [6.07, 6.45) is 1.90. The number of nitrogens with zero attached hydrogens (tertiary/aromatic N) is 1. The third-order valence-electron chi connectivity index (χ3n) is 3.15. The van der Waals surface area contributed by atoms with E-state index in [1.165, 1.54) is 0 Å². The number of hydrogen-bond acceptors (Lipinski definition) is 5. The number of ether oxygens (including phenoxy) is 2. The Morgan fingerprint density at radius 1 is 1.05 bits per heavy atom. The molecule has 0 spiro atoms. The lowest BCUT2D eigenvalue weighted by atomic mass is 10.2. The van der Waals surface area contributed by atoms with E-state index in [-0.39, 0.29) is 6.61 Å². The summed E-state index contributed by atoms with van der Waals surface area (Å²) in [6, 6.07) is 0.336. The third kappa shape index (κ3) is 11.6. The zero-order chi connectivity index (χ0) is 15.1. The Morgan fingerprint density at radius 2 is 1.65 bits per heavy atom. The molecule has 0 aliphatic carbocycles. The molecule has 0 bridgehead atoms. The second-order valence-electron chi connectivity index (χ2n) is 4.86. The summed E-state index contributed by atoms with van der Waals surface area (Å²) in [6.45, 7) is 13.2. The van der Waals surface area contributed by atoms with Gasteiger partial charge in [0.1, 0.15) is 0 Å². The van der Waals surface area contributed by atoms with Crippen molar-refractivity contribution in [3.05, 3.63) is 0 Å². The van der Waals surface area contributed by atoms with Gasteiger partial charge >= 0.3 is 0 Å². The molecule has 0 aromatic carbocycles. The van der Waals surface area contributed by atoms with E-state index in [0.29, 0.717) is 6.04 Å². The van der Waals surface area contributed by atoms with Crippen molar-refractivity contribution in [2.24, 2.45) is 0 Å². The monoisotopic (exact) mass is 290 g/mol. The lowest BCUT2D eigenvalue weighted by Gasteiger charge is -2.27. The van der Waals surface area contributed by atoms with Crippen molar-refractivity contribution in [3.8, 4) is 0 Å². The first-order valence-corrected chi connectivity index (χ1v) is 8.00. The van der Waals surface area contributed by atoms with Gasteiger partial charge in [-0.15, -0.1) is 0 Å². The smallest absolute Gasteiger partial charge is 0.0593 e.